The van der Waals surface area contributed by atoms with Gasteiger partial charge in [-0.15, -0.1) is 0 Å². The molecule has 78 valence electrons. The molecule has 15 heavy (non-hydrogen) atoms. The number of amides is 2. The number of nitriles is 1. The Morgan fingerprint density at radius 2 is 2.13 bits per heavy atom. The zero-order valence-electron chi connectivity index (χ0n) is 8.60. The van der Waals surface area contributed by atoms with E-state index in [0.29, 0.717) is 13.0 Å². The summed E-state index contributed by atoms with van der Waals surface area (Å²) in [6.45, 7) is 0.403. The number of urea groups is 1. The fraction of sp³-hybridized carbons (Fsp3) is 0.273. The van der Waals surface area contributed by atoms with Crippen LogP contribution < -0.4 is 10.2 Å². The molecule has 0 aliphatic heterocycles. The number of carbonyl (C=O) groups excluding carboxylic acids is 1. The highest BCUT2D eigenvalue weighted by Gasteiger charge is 2.12. The van der Waals surface area contributed by atoms with Gasteiger partial charge in [-0.2, -0.15) is 5.26 Å². The highest BCUT2D eigenvalue weighted by Crippen LogP contribution is 2.13. The van der Waals surface area contributed by atoms with E-state index in [2.05, 4.69) is 5.32 Å². The van der Waals surface area contributed by atoms with E-state index in [-0.39, 0.29) is 6.03 Å². The van der Waals surface area contributed by atoms with Crippen molar-refractivity contribution in [1.29, 1.82) is 5.26 Å². The molecule has 1 aromatic carbocycles. The highest BCUT2D eigenvalue weighted by atomic mass is 16.2. The minimum atomic E-state index is -0.198. The van der Waals surface area contributed by atoms with E-state index >= 15 is 0 Å². The van der Waals surface area contributed by atoms with Crippen LogP contribution in [0.5, 0.6) is 0 Å². The molecule has 0 atom stereocenters. The number of carbonyl (C=O) groups is 1. The van der Waals surface area contributed by atoms with Gasteiger partial charge in [0.2, 0.25) is 0 Å². The van der Waals surface area contributed by atoms with Crippen molar-refractivity contribution in [1.82, 2.24) is 5.32 Å². The average Bonchev–Trinajstić information content (AvgIpc) is 2.30. The lowest BCUT2D eigenvalue weighted by Gasteiger charge is -2.20. The Hall–Kier alpha value is -2.02. The van der Waals surface area contributed by atoms with Crippen LogP contribution in [0.3, 0.4) is 0 Å². The van der Waals surface area contributed by atoms with Crippen LogP contribution in [0.1, 0.15) is 6.42 Å². The number of benzene rings is 1. The Bertz CT molecular complexity index is 356. The smallest absolute Gasteiger partial charge is 0.321 e. The molecule has 0 aliphatic carbocycles. The van der Waals surface area contributed by atoms with Crippen molar-refractivity contribution >= 4 is 11.7 Å². The third-order valence-corrected chi connectivity index (χ3v) is 1.97. The molecule has 4 heteroatoms. The van der Waals surface area contributed by atoms with E-state index in [1.165, 1.54) is 0 Å². The third-order valence-electron chi connectivity index (χ3n) is 1.97. The third kappa shape index (κ3) is 2.99. The second-order valence-electron chi connectivity index (χ2n) is 2.95. The van der Waals surface area contributed by atoms with Gasteiger partial charge in [0.1, 0.15) is 0 Å². The number of rotatable bonds is 3. The number of anilines is 1. The quantitative estimate of drug-likeness (QED) is 0.813. The van der Waals surface area contributed by atoms with Gasteiger partial charge in [0.15, 0.2) is 0 Å². The number of hydrogen-bond acceptors (Lipinski definition) is 2. The average molecular weight is 203 g/mol. The summed E-state index contributed by atoms with van der Waals surface area (Å²) in [6, 6.07) is 11.1. The molecule has 0 fully saturated rings. The first kappa shape index (κ1) is 11.1. The van der Waals surface area contributed by atoms with Gasteiger partial charge >= 0.3 is 6.03 Å². The molecule has 0 bridgehead atoms. The van der Waals surface area contributed by atoms with Gasteiger partial charge in [-0.3, -0.25) is 4.90 Å². The van der Waals surface area contributed by atoms with E-state index < -0.39 is 0 Å². The van der Waals surface area contributed by atoms with E-state index in [1.54, 1.807) is 11.9 Å². The van der Waals surface area contributed by atoms with E-state index in [9.17, 15) is 4.79 Å². The topological polar surface area (TPSA) is 56.1 Å². The van der Waals surface area contributed by atoms with Crippen LogP contribution in [-0.4, -0.2) is 19.6 Å². The Morgan fingerprint density at radius 1 is 1.47 bits per heavy atom. The fourth-order valence-corrected chi connectivity index (χ4v) is 1.25. The summed E-state index contributed by atoms with van der Waals surface area (Å²) in [6.07, 6.45) is 0.322. The second kappa shape index (κ2) is 5.66. The molecule has 0 saturated heterocycles. The Morgan fingerprint density at radius 3 is 2.67 bits per heavy atom. The van der Waals surface area contributed by atoms with Crippen LogP contribution in [0.4, 0.5) is 10.5 Å². The number of hydrogen-bond donors (Lipinski definition) is 1. The predicted octanol–water partition coefficient (Wildman–Crippen LogP) is 1.75. The van der Waals surface area contributed by atoms with Crippen LogP contribution in [0.2, 0.25) is 0 Å². The highest BCUT2D eigenvalue weighted by molar-refractivity contribution is 5.91. The Kier molecular flexibility index (Phi) is 4.17. The first-order valence-corrected chi connectivity index (χ1v) is 4.71. The van der Waals surface area contributed by atoms with Crippen LogP contribution in [0, 0.1) is 11.3 Å². The lowest BCUT2D eigenvalue weighted by Crippen LogP contribution is -2.38. The normalized spacial score (nSPS) is 9.07. The van der Waals surface area contributed by atoms with Gasteiger partial charge in [0.05, 0.1) is 12.5 Å². The van der Waals surface area contributed by atoms with Gasteiger partial charge in [0.25, 0.3) is 0 Å². The SMILES string of the molecule is CNC(=O)N(CCC#N)c1ccccc1. The first-order valence-electron chi connectivity index (χ1n) is 4.71. The van der Waals surface area contributed by atoms with E-state index in [0.717, 1.165) is 5.69 Å². The monoisotopic (exact) mass is 203 g/mol. The minimum Gasteiger partial charge on any atom is -0.341 e. The zero-order chi connectivity index (χ0) is 11.1. The molecule has 1 N–H and O–H groups in total. The molecule has 2 amide bonds. The minimum absolute atomic E-state index is 0.198. The van der Waals surface area contributed by atoms with Crippen molar-refractivity contribution < 1.29 is 4.79 Å². The molecule has 0 radical (unpaired) electrons. The summed E-state index contributed by atoms with van der Waals surface area (Å²) >= 11 is 0. The number of nitrogens with one attached hydrogen (secondary N) is 1. The molecule has 0 heterocycles. The molecule has 1 rings (SSSR count). The summed E-state index contributed by atoms with van der Waals surface area (Å²) < 4.78 is 0. The molecule has 0 aromatic heterocycles. The summed E-state index contributed by atoms with van der Waals surface area (Å²) in [7, 11) is 1.57. The lowest BCUT2D eigenvalue weighted by atomic mass is 10.3. The molecular weight excluding hydrogens is 190 g/mol. The standard InChI is InChI=1S/C11H13N3O/c1-13-11(15)14(9-5-8-12)10-6-3-2-4-7-10/h2-4,6-7H,5,9H2,1H3,(H,13,15). The molecule has 0 spiro atoms. The molecular formula is C11H13N3O. The van der Waals surface area contributed by atoms with Crippen LogP contribution >= 0.6 is 0 Å². The van der Waals surface area contributed by atoms with Crippen molar-refractivity contribution in [3.05, 3.63) is 30.3 Å². The maximum absolute atomic E-state index is 11.5. The van der Waals surface area contributed by atoms with Crippen LogP contribution in [-0.2, 0) is 0 Å². The lowest BCUT2D eigenvalue weighted by molar-refractivity contribution is 0.248. The molecule has 0 unspecified atom stereocenters. The molecule has 0 saturated carbocycles. The molecule has 4 nitrogen and oxygen atoms in total. The Labute approximate surface area is 89.1 Å². The van der Waals surface area contributed by atoms with Crippen molar-refractivity contribution in [2.75, 3.05) is 18.5 Å². The zero-order valence-corrected chi connectivity index (χ0v) is 8.60. The number of para-hydroxylation sites is 1. The van der Waals surface area contributed by atoms with Gasteiger partial charge < -0.3 is 5.32 Å². The molecule has 1 aromatic rings. The maximum Gasteiger partial charge on any atom is 0.321 e. The van der Waals surface area contributed by atoms with Gasteiger partial charge in [-0.1, -0.05) is 18.2 Å². The number of nitrogens with zero attached hydrogens (tertiary/aromatic N) is 2. The molecule has 0 aliphatic rings. The first-order chi connectivity index (χ1) is 7.29. The summed E-state index contributed by atoms with van der Waals surface area (Å²) in [4.78, 5) is 13.1. The van der Waals surface area contributed by atoms with Gasteiger partial charge in [0, 0.05) is 19.3 Å². The predicted molar refractivity (Wildman–Crippen MR) is 58.5 cm³/mol. The van der Waals surface area contributed by atoms with Crippen molar-refractivity contribution in [2.45, 2.75) is 6.42 Å². The van der Waals surface area contributed by atoms with Crippen LogP contribution in [0.15, 0.2) is 30.3 Å². The van der Waals surface area contributed by atoms with Gasteiger partial charge in [-0.25, -0.2) is 4.79 Å². The Balaban J connectivity index is 2.82. The second-order valence-corrected chi connectivity index (χ2v) is 2.95. The van der Waals surface area contributed by atoms with Crippen molar-refractivity contribution in [2.24, 2.45) is 0 Å². The van der Waals surface area contributed by atoms with Crippen LogP contribution in [0.25, 0.3) is 0 Å². The van der Waals surface area contributed by atoms with Crippen molar-refractivity contribution in [3.63, 3.8) is 0 Å². The largest absolute Gasteiger partial charge is 0.341 e. The van der Waals surface area contributed by atoms with Crippen molar-refractivity contribution in [3.8, 4) is 6.07 Å². The maximum atomic E-state index is 11.5. The summed E-state index contributed by atoms with van der Waals surface area (Å²) in [5, 5.41) is 11.1. The fourth-order valence-electron chi connectivity index (χ4n) is 1.25. The summed E-state index contributed by atoms with van der Waals surface area (Å²) in [5.74, 6) is 0. The summed E-state index contributed by atoms with van der Waals surface area (Å²) in [5.41, 5.74) is 0.798. The van der Waals surface area contributed by atoms with Gasteiger partial charge in [-0.05, 0) is 12.1 Å². The van der Waals surface area contributed by atoms with E-state index in [4.69, 9.17) is 5.26 Å². The van der Waals surface area contributed by atoms with E-state index in [1.807, 2.05) is 36.4 Å².